The average Bonchev–Trinajstić information content (AvgIpc) is 2.91. The molecule has 1 atom stereocenters. The third-order valence-electron chi connectivity index (χ3n) is 3.56. The Kier molecular flexibility index (Phi) is 5.05. The van der Waals surface area contributed by atoms with Gasteiger partial charge in [-0.1, -0.05) is 0 Å². The van der Waals surface area contributed by atoms with E-state index >= 15 is 0 Å². The molecule has 1 heterocycles. The first-order valence-electron chi connectivity index (χ1n) is 6.74. The van der Waals surface area contributed by atoms with Crippen LogP contribution in [0.3, 0.4) is 0 Å². The second-order valence-electron chi connectivity index (χ2n) is 4.92. The summed E-state index contributed by atoms with van der Waals surface area (Å²) in [6.07, 6.45) is 3.44. The fourth-order valence-electron chi connectivity index (χ4n) is 2.70. The molecule has 19 heavy (non-hydrogen) atoms. The molecule has 0 spiro atoms. The highest BCUT2D eigenvalue weighted by Crippen LogP contribution is 2.34. The molecule has 4 nitrogen and oxygen atoms in total. The molecule has 1 aromatic carbocycles. The SMILES string of the molecule is COCc1cc(CC2CCCN2)c(OC)c(OC)c1. The number of nitrogens with one attached hydrogen (secondary N) is 1. The van der Waals surface area contributed by atoms with Crippen LogP contribution in [-0.4, -0.2) is 33.9 Å². The van der Waals surface area contributed by atoms with Crippen LogP contribution in [0.15, 0.2) is 12.1 Å². The van der Waals surface area contributed by atoms with Crippen LogP contribution < -0.4 is 14.8 Å². The van der Waals surface area contributed by atoms with Crippen molar-refractivity contribution in [2.45, 2.75) is 31.9 Å². The molecule has 1 unspecified atom stereocenters. The van der Waals surface area contributed by atoms with Crippen molar-refractivity contribution in [3.05, 3.63) is 23.3 Å². The first-order chi connectivity index (χ1) is 9.28. The maximum absolute atomic E-state index is 5.52. The summed E-state index contributed by atoms with van der Waals surface area (Å²) >= 11 is 0. The molecule has 1 fully saturated rings. The molecular formula is C15H23NO3. The summed E-state index contributed by atoms with van der Waals surface area (Å²) in [5.74, 6) is 1.63. The van der Waals surface area contributed by atoms with Crippen molar-refractivity contribution in [1.29, 1.82) is 0 Å². The number of rotatable bonds is 6. The zero-order chi connectivity index (χ0) is 13.7. The third kappa shape index (κ3) is 3.39. The van der Waals surface area contributed by atoms with Crippen molar-refractivity contribution in [2.75, 3.05) is 27.9 Å². The first kappa shape index (κ1) is 14.2. The van der Waals surface area contributed by atoms with E-state index < -0.39 is 0 Å². The number of methoxy groups -OCH3 is 3. The topological polar surface area (TPSA) is 39.7 Å². The van der Waals surface area contributed by atoms with Gasteiger partial charge in [-0.05, 0) is 49.1 Å². The van der Waals surface area contributed by atoms with E-state index in [2.05, 4.69) is 11.4 Å². The van der Waals surface area contributed by atoms with Gasteiger partial charge in [-0.3, -0.25) is 0 Å². The molecule has 2 rings (SSSR count). The van der Waals surface area contributed by atoms with Crippen LogP contribution >= 0.6 is 0 Å². The molecule has 0 radical (unpaired) electrons. The van der Waals surface area contributed by atoms with Crippen molar-refractivity contribution in [3.63, 3.8) is 0 Å². The zero-order valence-corrected chi connectivity index (χ0v) is 12.0. The van der Waals surface area contributed by atoms with E-state index in [9.17, 15) is 0 Å². The Bertz CT molecular complexity index is 414. The molecule has 1 aliphatic heterocycles. The minimum Gasteiger partial charge on any atom is -0.493 e. The minimum absolute atomic E-state index is 0.538. The predicted molar refractivity (Wildman–Crippen MR) is 75.0 cm³/mol. The van der Waals surface area contributed by atoms with E-state index in [1.54, 1.807) is 21.3 Å². The van der Waals surface area contributed by atoms with Gasteiger partial charge >= 0.3 is 0 Å². The van der Waals surface area contributed by atoms with Gasteiger partial charge in [-0.25, -0.2) is 0 Å². The highest BCUT2D eigenvalue weighted by Gasteiger charge is 2.19. The molecule has 106 valence electrons. The standard InChI is InChI=1S/C15H23NO3/c1-17-10-11-7-12(9-13-5-4-6-16-13)15(19-3)14(8-11)18-2/h7-8,13,16H,4-6,9-10H2,1-3H3. The second kappa shape index (κ2) is 6.78. The Labute approximate surface area is 115 Å². The Hall–Kier alpha value is -1.26. The van der Waals surface area contributed by atoms with E-state index in [1.807, 2.05) is 6.07 Å². The lowest BCUT2D eigenvalue weighted by molar-refractivity contribution is 0.184. The van der Waals surface area contributed by atoms with E-state index in [-0.39, 0.29) is 0 Å². The number of benzene rings is 1. The molecule has 4 heteroatoms. The third-order valence-corrected chi connectivity index (χ3v) is 3.56. The molecule has 0 saturated carbocycles. The summed E-state index contributed by atoms with van der Waals surface area (Å²) in [5.41, 5.74) is 2.31. The molecule has 0 aliphatic carbocycles. The highest BCUT2D eigenvalue weighted by atomic mass is 16.5. The van der Waals surface area contributed by atoms with Gasteiger partial charge in [0.15, 0.2) is 11.5 Å². The van der Waals surface area contributed by atoms with E-state index in [0.717, 1.165) is 30.0 Å². The molecule has 1 saturated heterocycles. The Morgan fingerprint density at radius 1 is 1.21 bits per heavy atom. The molecule has 0 bridgehead atoms. The van der Waals surface area contributed by atoms with Gasteiger partial charge in [0.1, 0.15) is 0 Å². The number of hydrogen-bond acceptors (Lipinski definition) is 4. The zero-order valence-electron chi connectivity index (χ0n) is 12.0. The maximum atomic E-state index is 5.52. The van der Waals surface area contributed by atoms with Gasteiger partial charge in [0.2, 0.25) is 0 Å². The van der Waals surface area contributed by atoms with Crippen LogP contribution in [0.5, 0.6) is 11.5 Å². The van der Waals surface area contributed by atoms with Crippen molar-refractivity contribution >= 4 is 0 Å². The number of hydrogen-bond donors (Lipinski definition) is 1. The molecule has 0 amide bonds. The summed E-state index contributed by atoms with van der Waals surface area (Å²) in [4.78, 5) is 0. The lowest BCUT2D eigenvalue weighted by atomic mass is 10.0. The van der Waals surface area contributed by atoms with Gasteiger partial charge in [0, 0.05) is 13.2 Å². The Morgan fingerprint density at radius 3 is 2.63 bits per heavy atom. The molecule has 1 aliphatic rings. The monoisotopic (exact) mass is 265 g/mol. The maximum Gasteiger partial charge on any atom is 0.163 e. The van der Waals surface area contributed by atoms with Gasteiger partial charge in [0.25, 0.3) is 0 Å². The quantitative estimate of drug-likeness (QED) is 0.855. The lowest BCUT2D eigenvalue weighted by Crippen LogP contribution is -2.24. The molecule has 1 aromatic rings. The van der Waals surface area contributed by atoms with Gasteiger partial charge < -0.3 is 19.5 Å². The van der Waals surface area contributed by atoms with Crippen molar-refractivity contribution in [2.24, 2.45) is 0 Å². The van der Waals surface area contributed by atoms with Crippen LogP contribution in [0.4, 0.5) is 0 Å². The minimum atomic E-state index is 0.538. The Balaban J connectivity index is 2.28. The molecule has 0 aromatic heterocycles. The van der Waals surface area contributed by atoms with Crippen molar-refractivity contribution in [3.8, 4) is 11.5 Å². The van der Waals surface area contributed by atoms with Crippen LogP contribution in [-0.2, 0) is 17.8 Å². The van der Waals surface area contributed by atoms with Crippen LogP contribution in [0.25, 0.3) is 0 Å². The van der Waals surface area contributed by atoms with Gasteiger partial charge in [0.05, 0.1) is 20.8 Å². The van der Waals surface area contributed by atoms with E-state index in [0.29, 0.717) is 12.6 Å². The smallest absolute Gasteiger partial charge is 0.163 e. The van der Waals surface area contributed by atoms with E-state index in [1.165, 1.54) is 18.4 Å². The second-order valence-corrected chi connectivity index (χ2v) is 4.92. The average molecular weight is 265 g/mol. The first-order valence-corrected chi connectivity index (χ1v) is 6.74. The Morgan fingerprint density at radius 2 is 2.05 bits per heavy atom. The molecule has 1 N–H and O–H groups in total. The van der Waals surface area contributed by atoms with Crippen LogP contribution in [0.1, 0.15) is 24.0 Å². The summed E-state index contributed by atoms with van der Waals surface area (Å²) in [6.45, 7) is 1.70. The molecular weight excluding hydrogens is 242 g/mol. The summed E-state index contributed by atoms with van der Waals surface area (Å²) in [5, 5.41) is 3.52. The predicted octanol–water partition coefficient (Wildman–Crippen LogP) is 2.14. The highest BCUT2D eigenvalue weighted by molar-refractivity contribution is 5.49. The summed E-state index contributed by atoms with van der Waals surface area (Å²) in [7, 11) is 5.07. The van der Waals surface area contributed by atoms with Crippen LogP contribution in [0, 0.1) is 0 Å². The number of ether oxygens (including phenoxy) is 3. The lowest BCUT2D eigenvalue weighted by Gasteiger charge is -2.17. The summed E-state index contributed by atoms with van der Waals surface area (Å²) < 4.78 is 16.2. The van der Waals surface area contributed by atoms with Crippen molar-refractivity contribution < 1.29 is 14.2 Å². The van der Waals surface area contributed by atoms with Crippen LogP contribution in [0.2, 0.25) is 0 Å². The largest absolute Gasteiger partial charge is 0.493 e. The fraction of sp³-hybridized carbons (Fsp3) is 0.600. The fourth-order valence-corrected chi connectivity index (χ4v) is 2.70. The van der Waals surface area contributed by atoms with Crippen molar-refractivity contribution in [1.82, 2.24) is 5.32 Å². The van der Waals surface area contributed by atoms with Gasteiger partial charge in [-0.15, -0.1) is 0 Å². The summed E-state index contributed by atoms with van der Waals surface area (Å²) in [6, 6.07) is 4.68. The normalized spacial score (nSPS) is 18.6. The van der Waals surface area contributed by atoms with Gasteiger partial charge in [-0.2, -0.15) is 0 Å². The van der Waals surface area contributed by atoms with E-state index in [4.69, 9.17) is 14.2 Å².